The van der Waals surface area contributed by atoms with E-state index in [1.165, 1.54) is 6.07 Å². The number of nitrogens with two attached hydrogens (primary N) is 1. The minimum atomic E-state index is 0. The highest BCUT2D eigenvalue weighted by molar-refractivity contribution is 5.54. The van der Waals surface area contributed by atoms with E-state index in [1.807, 2.05) is 0 Å². The Bertz CT molecular complexity index is 227. The lowest BCUT2D eigenvalue weighted by molar-refractivity contribution is -0.256. The molecular weight excluding hydrogens is 152 g/mol. The van der Waals surface area contributed by atoms with Gasteiger partial charge in [-0.25, -0.2) is 0 Å². The molecule has 0 heterocycles. The number of hydrogen-bond donors (Lipinski definition) is 3. The third kappa shape index (κ3) is 1.79. The minimum absolute atomic E-state index is 0. The van der Waals surface area contributed by atoms with Crippen molar-refractivity contribution in [2.24, 2.45) is 0 Å². The van der Waals surface area contributed by atoms with Gasteiger partial charge in [-0.2, -0.15) is 0 Å². The van der Waals surface area contributed by atoms with E-state index in [1.54, 1.807) is 12.1 Å². The van der Waals surface area contributed by atoms with E-state index in [9.17, 15) is 0 Å². The Morgan fingerprint density at radius 2 is 2.00 bits per heavy atom. The Hall–Kier alpha value is -0.930. The molecule has 0 amide bonds. The van der Waals surface area contributed by atoms with Gasteiger partial charge in [-0.3, -0.25) is 0 Å². The molecule has 4 heteroatoms. The largest absolute Gasteiger partial charge is 1.00 e. The van der Waals surface area contributed by atoms with Crippen LogP contribution in [0.5, 0.6) is 5.75 Å². The fourth-order valence-electron chi connectivity index (χ4n) is 0.605. The molecule has 1 rings (SSSR count). The molecule has 0 atom stereocenters. The number of rotatable bonds is 0. The second-order valence-electron chi connectivity index (χ2n) is 1.89. The van der Waals surface area contributed by atoms with Gasteiger partial charge in [0.15, 0.2) is 11.4 Å². The van der Waals surface area contributed by atoms with E-state index in [0.29, 0.717) is 11.4 Å². The van der Waals surface area contributed by atoms with Gasteiger partial charge in [0.1, 0.15) is 0 Å². The molecule has 56 valence electrons. The van der Waals surface area contributed by atoms with Crippen molar-refractivity contribution in [3.63, 3.8) is 0 Å². The first-order valence-electron chi connectivity index (χ1n) is 2.60. The van der Waals surface area contributed by atoms with Crippen LogP contribution in [0, 0.1) is 0 Å². The van der Waals surface area contributed by atoms with Crippen molar-refractivity contribution in [1.82, 2.24) is 0 Å². The van der Waals surface area contributed by atoms with Gasteiger partial charge in [0.25, 0.3) is 0 Å². The summed E-state index contributed by atoms with van der Waals surface area (Å²) in [6.07, 6.45) is 0. The lowest BCUT2D eigenvalue weighted by Gasteiger charge is -1.93. The van der Waals surface area contributed by atoms with Gasteiger partial charge < -0.3 is 29.0 Å². The van der Waals surface area contributed by atoms with Crippen LogP contribution in [0.25, 0.3) is 0 Å². The van der Waals surface area contributed by atoms with Crippen LogP contribution in [0.1, 0.15) is 0 Å². The molecule has 0 aromatic heterocycles. The quantitative estimate of drug-likeness (QED) is 0.277. The van der Waals surface area contributed by atoms with E-state index >= 15 is 0 Å². The van der Waals surface area contributed by atoms with E-state index in [-0.39, 0.29) is 18.2 Å². The van der Waals surface area contributed by atoms with Crippen LogP contribution in [0.2, 0.25) is 0 Å². The smallest absolute Gasteiger partial charge is 0.177 e. The van der Waals surface area contributed by atoms with Crippen molar-refractivity contribution in [3.05, 3.63) is 18.2 Å². The van der Waals surface area contributed by atoms with Crippen molar-refractivity contribution in [2.45, 2.75) is 0 Å². The predicted octanol–water partition coefficient (Wildman–Crippen LogP) is -3.15. The third-order valence-corrected chi connectivity index (χ3v) is 1.10. The maximum Gasteiger partial charge on any atom is 0.177 e. The second kappa shape index (κ2) is 3.29. The first-order chi connectivity index (χ1) is 4.20. The first-order valence-corrected chi connectivity index (χ1v) is 2.60. The molecule has 3 nitrogen and oxygen atoms in total. The molecule has 0 radical (unpaired) electrons. The topological polar surface area (TPSA) is 73.9 Å². The summed E-state index contributed by atoms with van der Waals surface area (Å²) in [7, 11) is 0. The van der Waals surface area contributed by atoms with E-state index in [4.69, 9.17) is 10.8 Å². The fourth-order valence-corrected chi connectivity index (χ4v) is 0.605. The van der Waals surface area contributed by atoms with Crippen LogP contribution in [-0.4, -0.2) is 5.11 Å². The number of phenols is 1. The van der Waals surface area contributed by atoms with E-state index in [0.717, 1.165) is 0 Å². The molecule has 0 unspecified atom stereocenters. The zero-order chi connectivity index (χ0) is 6.85. The van der Waals surface area contributed by atoms with E-state index in [2.05, 4.69) is 5.73 Å². The normalized spacial score (nSPS) is 8.50. The van der Waals surface area contributed by atoms with Gasteiger partial charge in [-0.1, -0.05) is 0 Å². The SMILES string of the molecule is Nc1ccc(O)c([NH3+])c1.[Cl-]. The number of aromatic hydroxyl groups is 1. The average molecular weight is 161 g/mol. The summed E-state index contributed by atoms with van der Waals surface area (Å²) in [5, 5.41) is 8.93. The molecule has 0 saturated carbocycles. The predicted molar refractivity (Wildman–Crippen MR) is 35.1 cm³/mol. The number of anilines is 1. The lowest BCUT2D eigenvalue weighted by Crippen LogP contribution is -3.00. The minimum Gasteiger partial charge on any atom is -1.00 e. The van der Waals surface area contributed by atoms with Crippen LogP contribution < -0.4 is 23.9 Å². The maximum absolute atomic E-state index is 8.93. The molecular formula is C6H9ClN2O. The van der Waals surface area contributed by atoms with Crippen LogP contribution in [-0.2, 0) is 0 Å². The molecule has 0 bridgehead atoms. The molecule has 0 spiro atoms. The Labute approximate surface area is 65.1 Å². The second-order valence-corrected chi connectivity index (χ2v) is 1.89. The first kappa shape index (κ1) is 9.07. The fraction of sp³-hybridized carbons (Fsp3) is 0. The van der Waals surface area contributed by atoms with Crippen LogP contribution in [0.4, 0.5) is 11.4 Å². The van der Waals surface area contributed by atoms with Crippen molar-refractivity contribution < 1.29 is 23.2 Å². The van der Waals surface area contributed by atoms with E-state index < -0.39 is 0 Å². The summed E-state index contributed by atoms with van der Waals surface area (Å²) in [5.41, 5.74) is 10.1. The van der Waals surface area contributed by atoms with Crippen LogP contribution in [0.3, 0.4) is 0 Å². The van der Waals surface area contributed by atoms with Crippen molar-refractivity contribution >= 4 is 11.4 Å². The van der Waals surface area contributed by atoms with Crippen LogP contribution in [0.15, 0.2) is 18.2 Å². The summed E-state index contributed by atoms with van der Waals surface area (Å²) in [6, 6.07) is 4.77. The molecule has 1 aromatic carbocycles. The molecule has 6 N–H and O–H groups in total. The third-order valence-electron chi connectivity index (χ3n) is 1.10. The zero-order valence-electron chi connectivity index (χ0n) is 5.34. The number of quaternary nitrogens is 1. The molecule has 1 aromatic rings. The monoisotopic (exact) mass is 160 g/mol. The van der Waals surface area contributed by atoms with Gasteiger partial charge in [-0.15, -0.1) is 0 Å². The Balaban J connectivity index is 0.000000810. The molecule has 0 aliphatic rings. The maximum atomic E-state index is 8.93. The van der Waals surface area contributed by atoms with Gasteiger partial charge in [0.2, 0.25) is 0 Å². The Morgan fingerprint density at radius 1 is 1.40 bits per heavy atom. The highest BCUT2D eigenvalue weighted by Gasteiger charge is 1.97. The molecule has 10 heavy (non-hydrogen) atoms. The number of benzene rings is 1. The summed E-state index contributed by atoms with van der Waals surface area (Å²) in [5.74, 6) is 0.184. The highest BCUT2D eigenvalue weighted by atomic mass is 35.5. The lowest BCUT2D eigenvalue weighted by atomic mass is 10.3. The van der Waals surface area contributed by atoms with Gasteiger partial charge in [0.05, 0.1) is 0 Å². The van der Waals surface area contributed by atoms with Gasteiger partial charge >= 0.3 is 0 Å². The van der Waals surface area contributed by atoms with Crippen molar-refractivity contribution in [3.8, 4) is 5.75 Å². The molecule has 0 aliphatic heterocycles. The molecule has 0 aliphatic carbocycles. The van der Waals surface area contributed by atoms with Crippen LogP contribution >= 0.6 is 0 Å². The van der Waals surface area contributed by atoms with Gasteiger partial charge in [0, 0.05) is 11.8 Å². The Kier molecular flexibility index (Phi) is 2.99. The van der Waals surface area contributed by atoms with Gasteiger partial charge in [-0.05, 0) is 12.1 Å². The molecule has 0 saturated heterocycles. The number of nitrogen functional groups attached to an aromatic ring is 1. The highest BCUT2D eigenvalue weighted by Crippen LogP contribution is 2.19. The van der Waals surface area contributed by atoms with Crippen molar-refractivity contribution in [2.75, 3.05) is 5.73 Å². The summed E-state index contributed by atoms with van der Waals surface area (Å²) < 4.78 is 0. The number of halogens is 1. The Morgan fingerprint density at radius 3 is 2.40 bits per heavy atom. The average Bonchev–Trinajstić information content (AvgIpc) is 1.80. The number of hydrogen-bond acceptors (Lipinski definition) is 2. The zero-order valence-corrected chi connectivity index (χ0v) is 6.10. The molecule has 0 fully saturated rings. The number of phenolic OH excluding ortho intramolecular Hbond substituents is 1. The van der Waals surface area contributed by atoms with Crippen molar-refractivity contribution in [1.29, 1.82) is 0 Å². The summed E-state index contributed by atoms with van der Waals surface area (Å²) in [4.78, 5) is 0. The summed E-state index contributed by atoms with van der Waals surface area (Å²) in [6.45, 7) is 0. The summed E-state index contributed by atoms with van der Waals surface area (Å²) >= 11 is 0. The standard InChI is InChI=1S/C6H8N2O.ClH/c7-4-1-2-6(9)5(8)3-4;/h1-3,9H,7-8H2;1H.